The fourth-order valence-electron chi connectivity index (χ4n) is 2.46. The van der Waals surface area contributed by atoms with Crippen LogP contribution >= 0.6 is 0 Å². The number of carbonyl (C=O) groups excluding carboxylic acids is 3. The smallest absolute Gasteiger partial charge is 0.227 e. The van der Waals surface area contributed by atoms with Gasteiger partial charge in [-0.15, -0.1) is 0 Å². The van der Waals surface area contributed by atoms with Crippen LogP contribution in [0.15, 0.2) is 24.3 Å². The summed E-state index contributed by atoms with van der Waals surface area (Å²) in [6.07, 6.45) is 2.43. The number of nitrogens with two attached hydrogens (primary N) is 1. The van der Waals surface area contributed by atoms with Crippen LogP contribution in [-0.2, 0) is 14.4 Å². The van der Waals surface area contributed by atoms with E-state index in [9.17, 15) is 14.4 Å². The minimum absolute atomic E-state index is 0.0400. The number of carbonyl (C=O) groups is 3. The molecule has 0 saturated carbocycles. The maximum Gasteiger partial charge on any atom is 0.227 e. The lowest BCUT2D eigenvalue weighted by Gasteiger charge is -2.17. The molecule has 1 heterocycles. The number of primary amides is 1. The van der Waals surface area contributed by atoms with Gasteiger partial charge in [-0.3, -0.25) is 14.4 Å². The standard InChI is InChI=1S/C16H21N3O3/c1-2-3-7-14(20)18-12-5-4-6-13(9-12)19-10-11(16(17)22)8-15(19)21/h4-6,9,11H,2-3,7-8,10H2,1H3,(H2,17,22)(H,18,20)/t11-/m0/s1. The number of anilines is 2. The van der Waals surface area contributed by atoms with E-state index in [1.165, 1.54) is 4.90 Å². The number of unbranched alkanes of at least 4 members (excludes halogenated alkanes) is 1. The van der Waals surface area contributed by atoms with Crippen molar-refractivity contribution < 1.29 is 14.4 Å². The Kier molecular flexibility index (Phi) is 5.14. The molecule has 3 amide bonds. The summed E-state index contributed by atoms with van der Waals surface area (Å²) in [6, 6.07) is 7.07. The van der Waals surface area contributed by atoms with Crippen LogP contribution in [-0.4, -0.2) is 24.3 Å². The van der Waals surface area contributed by atoms with E-state index in [2.05, 4.69) is 5.32 Å². The Morgan fingerprint density at radius 1 is 1.41 bits per heavy atom. The first-order chi connectivity index (χ1) is 10.5. The van der Waals surface area contributed by atoms with Crippen molar-refractivity contribution in [3.8, 4) is 0 Å². The second kappa shape index (κ2) is 7.06. The summed E-state index contributed by atoms with van der Waals surface area (Å²) in [4.78, 5) is 36.5. The van der Waals surface area contributed by atoms with E-state index >= 15 is 0 Å². The van der Waals surface area contributed by atoms with Crippen LogP contribution in [0.1, 0.15) is 32.6 Å². The molecule has 0 spiro atoms. The lowest BCUT2D eigenvalue weighted by Crippen LogP contribution is -2.28. The van der Waals surface area contributed by atoms with E-state index in [0.717, 1.165) is 12.8 Å². The second-order valence-corrected chi connectivity index (χ2v) is 5.51. The molecule has 22 heavy (non-hydrogen) atoms. The molecule has 118 valence electrons. The van der Waals surface area contributed by atoms with Gasteiger partial charge in [-0.1, -0.05) is 19.4 Å². The summed E-state index contributed by atoms with van der Waals surface area (Å²) in [5, 5.41) is 2.82. The minimum atomic E-state index is -0.458. The Morgan fingerprint density at radius 3 is 2.82 bits per heavy atom. The molecule has 0 bridgehead atoms. The van der Waals surface area contributed by atoms with Crippen LogP contribution in [0, 0.1) is 5.92 Å². The molecule has 0 radical (unpaired) electrons. The van der Waals surface area contributed by atoms with Crippen molar-refractivity contribution in [3.05, 3.63) is 24.3 Å². The van der Waals surface area contributed by atoms with E-state index in [4.69, 9.17) is 5.73 Å². The molecule has 1 aliphatic rings. The number of hydrogen-bond donors (Lipinski definition) is 2. The van der Waals surface area contributed by atoms with Crippen LogP contribution in [0.3, 0.4) is 0 Å². The van der Waals surface area contributed by atoms with Gasteiger partial charge in [0.1, 0.15) is 0 Å². The normalized spacial score (nSPS) is 17.6. The molecule has 0 aliphatic carbocycles. The molecular weight excluding hydrogens is 282 g/mol. The monoisotopic (exact) mass is 303 g/mol. The highest BCUT2D eigenvalue weighted by molar-refractivity contribution is 6.00. The summed E-state index contributed by atoms with van der Waals surface area (Å²) < 4.78 is 0. The molecule has 3 N–H and O–H groups in total. The van der Waals surface area contributed by atoms with Gasteiger partial charge in [0.25, 0.3) is 0 Å². The average molecular weight is 303 g/mol. The van der Waals surface area contributed by atoms with Crippen molar-refractivity contribution in [1.82, 2.24) is 0 Å². The third-order valence-electron chi connectivity index (χ3n) is 3.73. The largest absolute Gasteiger partial charge is 0.369 e. The third kappa shape index (κ3) is 3.84. The van der Waals surface area contributed by atoms with Crippen molar-refractivity contribution in [2.45, 2.75) is 32.6 Å². The predicted molar refractivity (Wildman–Crippen MR) is 84.3 cm³/mol. The summed E-state index contributed by atoms with van der Waals surface area (Å²) >= 11 is 0. The quantitative estimate of drug-likeness (QED) is 0.837. The number of nitrogens with one attached hydrogen (secondary N) is 1. The molecule has 0 aromatic heterocycles. The maximum atomic E-state index is 12.0. The number of amides is 3. The molecule has 6 heteroatoms. The van der Waals surface area contributed by atoms with Gasteiger partial charge in [0.05, 0.1) is 5.92 Å². The summed E-state index contributed by atoms with van der Waals surface area (Å²) in [7, 11) is 0. The molecule has 0 unspecified atom stereocenters. The van der Waals surface area contributed by atoms with Crippen LogP contribution in [0.2, 0.25) is 0 Å². The number of nitrogens with zero attached hydrogens (tertiary/aromatic N) is 1. The van der Waals surface area contributed by atoms with Gasteiger partial charge in [0, 0.05) is 30.8 Å². The molecule has 1 aliphatic heterocycles. The van der Waals surface area contributed by atoms with Crippen molar-refractivity contribution in [2.75, 3.05) is 16.8 Å². The van der Waals surface area contributed by atoms with E-state index in [0.29, 0.717) is 24.3 Å². The lowest BCUT2D eigenvalue weighted by atomic mass is 10.1. The summed E-state index contributed by atoms with van der Waals surface area (Å²) in [5.41, 5.74) is 6.58. The lowest BCUT2D eigenvalue weighted by molar-refractivity contribution is -0.123. The first kappa shape index (κ1) is 16.0. The van der Waals surface area contributed by atoms with Gasteiger partial charge < -0.3 is 16.0 Å². The first-order valence-corrected chi connectivity index (χ1v) is 7.51. The van der Waals surface area contributed by atoms with E-state index in [1.807, 2.05) is 6.92 Å². The Labute approximate surface area is 129 Å². The molecule has 1 fully saturated rings. The van der Waals surface area contributed by atoms with E-state index in [1.54, 1.807) is 24.3 Å². The fraction of sp³-hybridized carbons (Fsp3) is 0.438. The molecule has 1 aromatic rings. The van der Waals surface area contributed by atoms with Crippen LogP contribution in [0.4, 0.5) is 11.4 Å². The molecule has 1 aromatic carbocycles. The molecule has 2 rings (SSSR count). The Hall–Kier alpha value is -2.37. The van der Waals surface area contributed by atoms with Crippen LogP contribution < -0.4 is 16.0 Å². The zero-order valence-corrected chi connectivity index (χ0v) is 12.7. The number of rotatable bonds is 6. The summed E-state index contributed by atoms with van der Waals surface area (Å²) in [5.74, 6) is -1.07. The van der Waals surface area contributed by atoms with Crippen LogP contribution in [0.5, 0.6) is 0 Å². The van der Waals surface area contributed by atoms with Gasteiger partial charge in [0.15, 0.2) is 0 Å². The highest BCUT2D eigenvalue weighted by Crippen LogP contribution is 2.27. The first-order valence-electron chi connectivity index (χ1n) is 7.51. The second-order valence-electron chi connectivity index (χ2n) is 5.51. The average Bonchev–Trinajstić information content (AvgIpc) is 2.87. The van der Waals surface area contributed by atoms with Gasteiger partial charge in [-0.05, 0) is 24.6 Å². The Balaban J connectivity index is 2.07. The van der Waals surface area contributed by atoms with E-state index in [-0.39, 0.29) is 18.2 Å². The highest BCUT2D eigenvalue weighted by Gasteiger charge is 2.33. The minimum Gasteiger partial charge on any atom is -0.369 e. The molecule has 1 saturated heterocycles. The topological polar surface area (TPSA) is 92.5 Å². The Bertz CT molecular complexity index is 586. The zero-order valence-electron chi connectivity index (χ0n) is 12.7. The van der Waals surface area contributed by atoms with Gasteiger partial charge in [0.2, 0.25) is 17.7 Å². The fourth-order valence-corrected chi connectivity index (χ4v) is 2.46. The third-order valence-corrected chi connectivity index (χ3v) is 3.73. The summed E-state index contributed by atoms with van der Waals surface area (Å²) in [6.45, 7) is 2.32. The number of hydrogen-bond acceptors (Lipinski definition) is 3. The van der Waals surface area contributed by atoms with Crippen molar-refractivity contribution in [1.29, 1.82) is 0 Å². The van der Waals surface area contributed by atoms with Gasteiger partial charge >= 0.3 is 0 Å². The van der Waals surface area contributed by atoms with Gasteiger partial charge in [-0.25, -0.2) is 0 Å². The highest BCUT2D eigenvalue weighted by atomic mass is 16.2. The zero-order chi connectivity index (χ0) is 16.1. The van der Waals surface area contributed by atoms with Crippen molar-refractivity contribution in [3.63, 3.8) is 0 Å². The Morgan fingerprint density at radius 2 is 2.18 bits per heavy atom. The number of benzene rings is 1. The molecule has 1 atom stereocenters. The SMILES string of the molecule is CCCCC(=O)Nc1cccc(N2C[C@@H](C(N)=O)CC2=O)c1. The molecule has 6 nitrogen and oxygen atoms in total. The maximum absolute atomic E-state index is 12.0. The van der Waals surface area contributed by atoms with Gasteiger partial charge in [-0.2, -0.15) is 0 Å². The van der Waals surface area contributed by atoms with Crippen LogP contribution in [0.25, 0.3) is 0 Å². The van der Waals surface area contributed by atoms with E-state index < -0.39 is 11.8 Å². The molecular formula is C16H21N3O3. The van der Waals surface area contributed by atoms with Crippen molar-refractivity contribution in [2.24, 2.45) is 11.7 Å². The predicted octanol–water partition coefficient (Wildman–Crippen LogP) is 1.65. The van der Waals surface area contributed by atoms with Crippen molar-refractivity contribution >= 4 is 29.1 Å².